The molecule has 0 atom stereocenters. The van der Waals surface area contributed by atoms with Crippen molar-refractivity contribution in [2.45, 2.75) is 44.9 Å². The first-order valence-corrected chi connectivity index (χ1v) is 10.5. The Kier molecular flexibility index (Phi) is 6.86. The lowest BCUT2D eigenvalue weighted by Gasteiger charge is -2.12. The van der Waals surface area contributed by atoms with Crippen LogP contribution < -0.4 is 10.6 Å². The molecule has 0 unspecified atom stereocenters. The minimum Gasteiger partial charge on any atom is -0.367 e. The van der Waals surface area contributed by atoms with Crippen molar-refractivity contribution in [2.24, 2.45) is 0 Å². The molecular weight excluding hydrogens is 372 g/mol. The monoisotopic (exact) mass is 398 g/mol. The van der Waals surface area contributed by atoms with Gasteiger partial charge in [-0.3, -0.25) is 4.79 Å². The third-order valence-electron chi connectivity index (χ3n) is 3.98. The van der Waals surface area contributed by atoms with Crippen LogP contribution in [-0.4, -0.2) is 44.0 Å². The topological polar surface area (TPSA) is 84.7 Å². The van der Waals surface area contributed by atoms with Crippen molar-refractivity contribution < 1.29 is 4.79 Å². The molecule has 0 saturated heterocycles. The van der Waals surface area contributed by atoms with Crippen molar-refractivity contribution in [3.8, 4) is 0 Å². The number of fused-ring (bicyclic) bond motifs is 1. The van der Waals surface area contributed by atoms with Crippen LogP contribution in [0.4, 0.5) is 5.82 Å². The minimum absolute atomic E-state index is 0.0898. The molecule has 0 radical (unpaired) electrons. The molecule has 0 saturated carbocycles. The lowest BCUT2D eigenvalue weighted by atomic mass is 10.2. The van der Waals surface area contributed by atoms with Gasteiger partial charge in [0.05, 0.1) is 18.1 Å². The molecule has 28 heavy (non-hydrogen) atoms. The van der Waals surface area contributed by atoms with Gasteiger partial charge in [-0.2, -0.15) is 5.10 Å². The number of carbonyl (C=O) groups excluding carboxylic acids is 1. The summed E-state index contributed by atoms with van der Waals surface area (Å²) in [4.78, 5) is 21.6. The number of rotatable bonds is 9. The highest BCUT2D eigenvalue weighted by atomic mass is 32.2. The SMILES string of the molecule is CCCSc1nc(NC(C)C)c2cnn(CCNC(=O)c3ccccc3)c2n1. The Morgan fingerprint density at radius 2 is 2.00 bits per heavy atom. The molecule has 1 aromatic carbocycles. The molecule has 0 aliphatic heterocycles. The molecule has 0 fully saturated rings. The van der Waals surface area contributed by atoms with Crippen molar-refractivity contribution in [3.63, 3.8) is 0 Å². The smallest absolute Gasteiger partial charge is 0.251 e. The zero-order valence-electron chi connectivity index (χ0n) is 16.5. The van der Waals surface area contributed by atoms with E-state index in [9.17, 15) is 4.79 Å². The maximum atomic E-state index is 12.2. The molecule has 1 amide bonds. The highest BCUT2D eigenvalue weighted by Crippen LogP contribution is 2.25. The van der Waals surface area contributed by atoms with Crippen LogP contribution in [0.1, 0.15) is 37.6 Å². The molecule has 0 aliphatic rings. The average Bonchev–Trinajstić information content (AvgIpc) is 3.10. The fourth-order valence-corrected chi connectivity index (χ4v) is 3.40. The van der Waals surface area contributed by atoms with Crippen LogP contribution in [0.15, 0.2) is 41.7 Å². The number of amides is 1. The van der Waals surface area contributed by atoms with E-state index in [0.29, 0.717) is 18.7 Å². The number of nitrogens with zero attached hydrogens (tertiary/aromatic N) is 4. The predicted octanol–water partition coefficient (Wildman–Crippen LogP) is 3.58. The Hall–Kier alpha value is -2.61. The van der Waals surface area contributed by atoms with E-state index in [4.69, 9.17) is 4.98 Å². The van der Waals surface area contributed by atoms with E-state index < -0.39 is 0 Å². The average molecular weight is 399 g/mol. The van der Waals surface area contributed by atoms with Crippen LogP contribution in [0.25, 0.3) is 11.0 Å². The first-order valence-electron chi connectivity index (χ1n) is 9.54. The third-order valence-corrected chi connectivity index (χ3v) is 5.03. The number of hydrogen-bond acceptors (Lipinski definition) is 6. The molecular formula is C20H26N6OS. The molecule has 2 N–H and O–H groups in total. The minimum atomic E-state index is -0.0898. The number of anilines is 1. The number of carbonyl (C=O) groups is 1. The Morgan fingerprint density at radius 1 is 1.21 bits per heavy atom. The van der Waals surface area contributed by atoms with Crippen molar-refractivity contribution in [2.75, 3.05) is 17.6 Å². The second-order valence-electron chi connectivity index (χ2n) is 6.73. The van der Waals surface area contributed by atoms with E-state index >= 15 is 0 Å². The van der Waals surface area contributed by atoms with Gasteiger partial charge in [-0.1, -0.05) is 36.9 Å². The van der Waals surface area contributed by atoms with Gasteiger partial charge in [-0.15, -0.1) is 0 Å². The molecule has 2 aromatic heterocycles. The van der Waals surface area contributed by atoms with E-state index in [0.717, 1.165) is 34.2 Å². The maximum absolute atomic E-state index is 12.2. The van der Waals surface area contributed by atoms with Crippen LogP contribution in [-0.2, 0) is 6.54 Å². The normalized spacial score (nSPS) is 11.1. The summed E-state index contributed by atoms with van der Waals surface area (Å²) in [7, 11) is 0. The lowest BCUT2D eigenvalue weighted by Crippen LogP contribution is -2.27. The Bertz CT molecular complexity index is 925. The van der Waals surface area contributed by atoms with Gasteiger partial charge >= 0.3 is 0 Å². The fourth-order valence-electron chi connectivity index (χ4n) is 2.71. The van der Waals surface area contributed by atoms with Gasteiger partial charge in [0.2, 0.25) is 0 Å². The molecule has 3 rings (SSSR count). The van der Waals surface area contributed by atoms with Crippen molar-refractivity contribution >= 4 is 34.5 Å². The summed E-state index contributed by atoms with van der Waals surface area (Å²) in [5.41, 5.74) is 1.43. The van der Waals surface area contributed by atoms with E-state index in [-0.39, 0.29) is 11.9 Å². The van der Waals surface area contributed by atoms with E-state index in [1.54, 1.807) is 30.1 Å². The third kappa shape index (κ3) is 5.01. The van der Waals surface area contributed by atoms with Crippen LogP contribution in [0.3, 0.4) is 0 Å². The summed E-state index contributed by atoms with van der Waals surface area (Å²) in [6, 6.07) is 9.45. The summed E-state index contributed by atoms with van der Waals surface area (Å²) >= 11 is 1.64. The maximum Gasteiger partial charge on any atom is 0.251 e. The highest BCUT2D eigenvalue weighted by Gasteiger charge is 2.14. The summed E-state index contributed by atoms with van der Waals surface area (Å²) < 4.78 is 1.82. The molecule has 0 spiro atoms. The van der Waals surface area contributed by atoms with Gasteiger partial charge in [0.15, 0.2) is 10.8 Å². The fraction of sp³-hybridized carbons (Fsp3) is 0.400. The van der Waals surface area contributed by atoms with Gasteiger partial charge < -0.3 is 10.6 Å². The Labute approximate surface area is 169 Å². The molecule has 2 heterocycles. The quantitative estimate of drug-likeness (QED) is 0.423. The number of thioether (sulfide) groups is 1. The van der Waals surface area contributed by atoms with Gasteiger partial charge in [-0.05, 0) is 32.4 Å². The van der Waals surface area contributed by atoms with Gasteiger partial charge in [0.25, 0.3) is 5.91 Å². The van der Waals surface area contributed by atoms with Gasteiger partial charge in [0, 0.05) is 23.9 Å². The first-order chi connectivity index (χ1) is 13.6. The van der Waals surface area contributed by atoms with Gasteiger partial charge in [0.1, 0.15) is 5.82 Å². The Balaban J connectivity index is 1.76. The Morgan fingerprint density at radius 3 is 2.71 bits per heavy atom. The summed E-state index contributed by atoms with van der Waals surface area (Å²) in [6.07, 6.45) is 2.84. The van der Waals surface area contributed by atoms with Crippen molar-refractivity contribution in [1.29, 1.82) is 0 Å². The molecule has 7 nitrogen and oxygen atoms in total. The van der Waals surface area contributed by atoms with Crippen LogP contribution in [0, 0.1) is 0 Å². The van der Waals surface area contributed by atoms with E-state index in [1.807, 2.05) is 22.9 Å². The molecule has 8 heteroatoms. The van der Waals surface area contributed by atoms with Crippen molar-refractivity contribution in [3.05, 3.63) is 42.1 Å². The lowest BCUT2D eigenvalue weighted by molar-refractivity contribution is 0.0952. The number of benzene rings is 1. The molecule has 148 valence electrons. The molecule has 0 aliphatic carbocycles. The van der Waals surface area contributed by atoms with Crippen LogP contribution >= 0.6 is 11.8 Å². The summed E-state index contributed by atoms with van der Waals surface area (Å²) in [6.45, 7) is 7.31. The largest absolute Gasteiger partial charge is 0.367 e. The summed E-state index contributed by atoms with van der Waals surface area (Å²) in [5, 5.41) is 12.4. The summed E-state index contributed by atoms with van der Waals surface area (Å²) in [5.74, 6) is 1.68. The highest BCUT2D eigenvalue weighted by molar-refractivity contribution is 7.99. The molecule has 0 bridgehead atoms. The standard InChI is InChI=1S/C20H26N6OS/c1-4-12-28-20-24-17(23-14(2)3)16-13-22-26(18(16)25-20)11-10-21-19(27)15-8-6-5-7-9-15/h5-9,13-14H,4,10-12H2,1-3H3,(H,21,27)(H,23,24,25). The van der Waals surface area contributed by atoms with E-state index in [2.05, 4.69) is 41.5 Å². The van der Waals surface area contributed by atoms with Crippen LogP contribution in [0.5, 0.6) is 0 Å². The van der Waals surface area contributed by atoms with Crippen LogP contribution in [0.2, 0.25) is 0 Å². The van der Waals surface area contributed by atoms with Gasteiger partial charge in [-0.25, -0.2) is 14.6 Å². The number of hydrogen-bond donors (Lipinski definition) is 2. The zero-order chi connectivity index (χ0) is 19.9. The number of aromatic nitrogens is 4. The second-order valence-corrected chi connectivity index (χ2v) is 7.79. The number of nitrogens with one attached hydrogen (secondary N) is 2. The molecule has 3 aromatic rings. The first kappa shape index (κ1) is 20.1. The second kappa shape index (κ2) is 9.54. The van der Waals surface area contributed by atoms with Crippen molar-refractivity contribution in [1.82, 2.24) is 25.1 Å². The zero-order valence-corrected chi connectivity index (χ0v) is 17.3. The van der Waals surface area contributed by atoms with E-state index in [1.165, 1.54) is 0 Å². The predicted molar refractivity (Wildman–Crippen MR) is 114 cm³/mol.